The number of methoxy groups -OCH3 is 1. The van der Waals surface area contributed by atoms with Crippen molar-refractivity contribution in [1.29, 1.82) is 0 Å². The first-order valence-corrected chi connectivity index (χ1v) is 9.47. The highest BCUT2D eigenvalue weighted by atomic mass is 35.5. The van der Waals surface area contributed by atoms with Crippen molar-refractivity contribution in [2.24, 2.45) is 0 Å². The summed E-state index contributed by atoms with van der Waals surface area (Å²) in [6.45, 7) is 0. The van der Waals surface area contributed by atoms with Crippen LogP contribution in [0.3, 0.4) is 0 Å². The molecule has 3 rings (SSSR count). The molecule has 3 aromatic rings. The third-order valence-corrected chi connectivity index (χ3v) is 4.78. The van der Waals surface area contributed by atoms with Crippen LogP contribution < -0.4 is 15.4 Å². The van der Waals surface area contributed by atoms with E-state index in [2.05, 4.69) is 15.4 Å². The lowest BCUT2D eigenvalue weighted by molar-refractivity contribution is 0.101. The molecule has 32 heavy (non-hydrogen) atoms. The molecule has 0 aliphatic carbocycles. The van der Waals surface area contributed by atoms with Crippen LogP contribution in [0.2, 0.25) is 10.0 Å². The molecular formula is C21H12Cl2F4N2O3. The summed E-state index contributed by atoms with van der Waals surface area (Å²) >= 11 is 11.8. The number of rotatable bonds is 5. The quantitative estimate of drug-likeness (QED) is 0.340. The number of benzene rings is 3. The van der Waals surface area contributed by atoms with Crippen molar-refractivity contribution < 1.29 is 31.9 Å². The summed E-state index contributed by atoms with van der Waals surface area (Å²) in [5.41, 5.74) is -0.940. The van der Waals surface area contributed by atoms with Crippen molar-refractivity contribution in [3.8, 4) is 5.75 Å². The Balaban J connectivity index is 1.76. The Morgan fingerprint density at radius 1 is 0.781 bits per heavy atom. The minimum absolute atomic E-state index is 0.0351. The summed E-state index contributed by atoms with van der Waals surface area (Å²) in [7, 11) is 0.821. The minimum atomic E-state index is -1.90. The summed E-state index contributed by atoms with van der Waals surface area (Å²) < 4.78 is 60.1. The van der Waals surface area contributed by atoms with E-state index in [1.807, 2.05) is 0 Å². The van der Waals surface area contributed by atoms with E-state index in [9.17, 15) is 27.2 Å². The maximum Gasteiger partial charge on any atom is 0.261 e. The summed E-state index contributed by atoms with van der Waals surface area (Å²) in [6, 6.07) is 9.67. The van der Waals surface area contributed by atoms with Crippen LogP contribution in [-0.4, -0.2) is 18.9 Å². The number of anilines is 2. The minimum Gasteiger partial charge on any atom is -0.491 e. The van der Waals surface area contributed by atoms with E-state index in [0.29, 0.717) is 10.7 Å². The van der Waals surface area contributed by atoms with Crippen LogP contribution in [0.4, 0.5) is 28.9 Å². The molecule has 0 fully saturated rings. The monoisotopic (exact) mass is 486 g/mol. The van der Waals surface area contributed by atoms with Crippen LogP contribution in [-0.2, 0) is 0 Å². The summed E-state index contributed by atoms with van der Waals surface area (Å²) in [4.78, 5) is 24.5. The standard InChI is InChI=1S/C21H12Cl2F4N2O3/c1-32-19-17(26)15(24)14(16(25)18(19)27)21(31)29-11-5-3-10(4-6-11)28-20(30)12-7-2-9(22)8-13(12)23/h2-8H,1H3,(H,28,30)(H,29,31). The topological polar surface area (TPSA) is 67.4 Å². The van der Waals surface area contributed by atoms with Gasteiger partial charge in [0.1, 0.15) is 5.56 Å². The van der Waals surface area contributed by atoms with Gasteiger partial charge in [-0.05, 0) is 42.5 Å². The number of carbonyl (C=O) groups is 2. The predicted octanol–water partition coefficient (Wildman–Crippen LogP) is 6.06. The zero-order chi connectivity index (χ0) is 23.6. The second-order valence-corrected chi connectivity index (χ2v) is 7.12. The zero-order valence-electron chi connectivity index (χ0n) is 16.0. The van der Waals surface area contributed by atoms with Gasteiger partial charge in [-0.3, -0.25) is 9.59 Å². The molecule has 2 N–H and O–H groups in total. The maximum atomic E-state index is 14.1. The Hall–Kier alpha value is -3.30. The zero-order valence-corrected chi connectivity index (χ0v) is 17.5. The molecule has 0 heterocycles. The number of carbonyl (C=O) groups excluding carboxylic acids is 2. The van der Waals surface area contributed by atoms with E-state index in [1.54, 1.807) is 0 Å². The van der Waals surface area contributed by atoms with Crippen LogP contribution in [0.15, 0.2) is 42.5 Å². The maximum absolute atomic E-state index is 14.1. The van der Waals surface area contributed by atoms with E-state index < -0.39 is 46.4 Å². The van der Waals surface area contributed by atoms with E-state index >= 15 is 0 Å². The Bertz CT molecular complexity index is 1190. The van der Waals surface area contributed by atoms with Gasteiger partial charge < -0.3 is 15.4 Å². The first-order chi connectivity index (χ1) is 15.1. The van der Waals surface area contributed by atoms with E-state index in [4.69, 9.17) is 23.2 Å². The van der Waals surface area contributed by atoms with Crippen molar-refractivity contribution in [3.63, 3.8) is 0 Å². The van der Waals surface area contributed by atoms with Crippen molar-refractivity contribution in [2.45, 2.75) is 0 Å². The average molecular weight is 487 g/mol. The lowest BCUT2D eigenvalue weighted by Gasteiger charge is -2.12. The Kier molecular flexibility index (Phi) is 6.90. The number of amides is 2. The molecule has 0 aliphatic heterocycles. The highest BCUT2D eigenvalue weighted by molar-refractivity contribution is 6.37. The van der Waals surface area contributed by atoms with Crippen LogP contribution >= 0.6 is 23.2 Å². The van der Waals surface area contributed by atoms with Crippen molar-refractivity contribution >= 4 is 46.4 Å². The fourth-order valence-corrected chi connectivity index (χ4v) is 3.19. The van der Waals surface area contributed by atoms with Crippen molar-refractivity contribution in [3.05, 3.63) is 86.9 Å². The molecule has 0 radical (unpaired) electrons. The van der Waals surface area contributed by atoms with Gasteiger partial charge in [0.15, 0.2) is 17.4 Å². The molecule has 0 unspecified atom stereocenters. The molecule has 0 spiro atoms. The molecule has 5 nitrogen and oxygen atoms in total. The lowest BCUT2D eigenvalue weighted by Crippen LogP contribution is -2.19. The molecule has 0 atom stereocenters. The van der Waals surface area contributed by atoms with Gasteiger partial charge >= 0.3 is 0 Å². The van der Waals surface area contributed by atoms with Gasteiger partial charge in [0.25, 0.3) is 11.8 Å². The van der Waals surface area contributed by atoms with Gasteiger partial charge in [-0.15, -0.1) is 0 Å². The number of halogens is 6. The molecule has 2 amide bonds. The predicted molar refractivity (Wildman–Crippen MR) is 112 cm³/mol. The SMILES string of the molecule is COc1c(F)c(F)c(C(=O)Nc2ccc(NC(=O)c3ccc(Cl)cc3Cl)cc2)c(F)c1F. The number of nitrogens with one attached hydrogen (secondary N) is 2. The van der Waals surface area contributed by atoms with Crippen LogP contribution in [0.1, 0.15) is 20.7 Å². The smallest absolute Gasteiger partial charge is 0.261 e. The number of hydrogen-bond acceptors (Lipinski definition) is 3. The molecule has 0 aliphatic rings. The molecule has 3 aromatic carbocycles. The first kappa shape index (κ1) is 23.4. The number of ether oxygens (including phenoxy) is 1. The largest absolute Gasteiger partial charge is 0.491 e. The summed E-state index contributed by atoms with van der Waals surface area (Å²) in [5, 5.41) is 5.18. The fourth-order valence-electron chi connectivity index (χ4n) is 2.69. The molecule has 0 bridgehead atoms. The fraction of sp³-hybridized carbons (Fsp3) is 0.0476. The van der Waals surface area contributed by atoms with Gasteiger partial charge in [-0.25, -0.2) is 8.78 Å². The van der Waals surface area contributed by atoms with Gasteiger partial charge in [-0.1, -0.05) is 23.2 Å². The van der Waals surface area contributed by atoms with Crippen molar-refractivity contribution in [2.75, 3.05) is 17.7 Å². The third-order valence-electron chi connectivity index (χ3n) is 4.23. The van der Waals surface area contributed by atoms with Gasteiger partial charge in [-0.2, -0.15) is 8.78 Å². The Morgan fingerprint density at radius 2 is 1.28 bits per heavy atom. The van der Waals surface area contributed by atoms with Crippen LogP contribution in [0, 0.1) is 23.3 Å². The van der Waals surface area contributed by atoms with Gasteiger partial charge in [0.05, 0.1) is 17.7 Å². The molecule has 0 saturated carbocycles. The second-order valence-electron chi connectivity index (χ2n) is 6.27. The van der Waals surface area contributed by atoms with E-state index in [0.717, 1.165) is 7.11 Å². The Morgan fingerprint density at radius 3 is 1.75 bits per heavy atom. The Labute approximate surface area is 188 Å². The van der Waals surface area contributed by atoms with Crippen molar-refractivity contribution in [1.82, 2.24) is 0 Å². The molecule has 11 heteroatoms. The second kappa shape index (κ2) is 9.46. The summed E-state index contributed by atoms with van der Waals surface area (Å²) in [6.07, 6.45) is 0. The highest BCUT2D eigenvalue weighted by Crippen LogP contribution is 2.30. The third kappa shape index (κ3) is 4.63. The van der Waals surface area contributed by atoms with Crippen LogP contribution in [0.5, 0.6) is 5.75 Å². The van der Waals surface area contributed by atoms with Crippen LogP contribution in [0.25, 0.3) is 0 Å². The molecule has 166 valence electrons. The molecule has 0 aromatic heterocycles. The van der Waals surface area contributed by atoms with Gasteiger partial charge in [0, 0.05) is 16.4 Å². The highest BCUT2D eigenvalue weighted by Gasteiger charge is 2.30. The normalized spacial score (nSPS) is 10.6. The molecular weight excluding hydrogens is 475 g/mol. The first-order valence-electron chi connectivity index (χ1n) is 8.71. The van der Waals surface area contributed by atoms with E-state index in [-0.39, 0.29) is 16.3 Å². The summed E-state index contributed by atoms with van der Waals surface area (Å²) in [5.74, 6) is -10.7. The average Bonchev–Trinajstić information content (AvgIpc) is 2.74. The number of hydrogen-bond donors (Lipinski definition) is 2. The van der Waals surface area contributed by atoms with Gasteiger partial charge in [0.2, 0.25) is 11.6 Å². The lowest BCUT2D eigenvalue weighted by atomic mass is 10.1. The molecule has 0 saturated heterocycles. The van der Waals surface area contributed by atoms with E-state index in [1.165, 1.54) is 42.5 Å².